The Morgan fingerprint density at radius 3 is 1.50 bits per heavy atom. The molecule has 2 aromatic carbocycles. The summed E-state index contributed by atoms with van der Waals surface area (Å²) in [4.78, 5) is 2.79. The molecule has 0 amide bonds. The minimum Gasteiger partial charge on any atom is -0.491 e. The zero-order chi connectivity index (χ0) is 21.3. The van der Waals surface area contributed by atoms with Crippen LogP contribution in [0.5, 0.6) is 11.5 Å². The first-order valence-electron chi connectivity index (χ1n) is 10.9. The second-order valence-electron chi connectivity index (χ2n) is 8.47. The summed E-state index contributed by atoms with van der Waals surface area (Å²) in [6.07, 6.45) is -0.953. The van der Waals surface area contributed by atoms with Gasteiger partial charge in [-0.25, -0.2) is 0 Å². The topological polar surface area (TPSA) is 67.8 Å². The normalized spacial score (nSPS) is 21.1. The van der Waals surface area contributed by atoms with Crippen molar-refractivity contribution in [2.24, 2.45) is 0 Å². The molecule has 1 aliphatic rings. The molecule has 0 aliphatic carbocycles. The monoisotopic (exact) mass is 416 g/mol. The van der Waals surface area contributed by atoms with Crippen molar-refractivity contribution in [2.45, 2.75) is 26.1 Å². The van der Waals surface area contributed by atoms with Gasteiger partial charge in [0.15, 0.2) is 0 Å². The van der Waals surface area contributed by atoms with E-state index in [-0.39, 0.29) is 0 Å². The largest absolute Gasteiger partial charge is 0.491 e. The molecule has 0 bridgehead atoms. The van der Waals surface area contributed by atoms with Gasteiger partial charge in [-0.15, -0.1) is 0 Å². The van der Waals surface area contributed by atoms with Crippen molar-refractivity contribution < 1.29 is 29.5 Å². The number of hydrogen-bond donors (Lipinski definition) is 4. The number of aliphatic hydroxyl groups excluding tert-OH is 2. The van der Waals surface area contributed by atoms with Crippen LogP contribution in [0, 0.1) is 13.8 Å². The Labute approximate surface area is 179 Å². The zero-order valence-electron chi connectivity index (χ0n) is 18.1. The van der Waals surface area contributed by atoms with Crippen LogP contribution in [0.4, 0.5) is 0 Å². The average molecular weight is 417 g/mol. The van der Waals surface area contributed by atoms with E-state index in [0.29, 0.717) is 26.3 Å². The van der Waals surface area contributed by atoms with E-state index < -0.39 is 12.2 Å². The van der Waals surface area contributed by atoms with Gasteiger partial charge in [-0.3, -0.25) is 0 Å². The summed E-state index contributed by atoms with van der Waals surface area (Å²) in [6, 6.07) is 15.8. The van der Waals surface area contributed by atoms with Gasteiger partial charge in [-0.2, -0.15) is 0 Å². The molecule has 30 heavy (non-hydrogen) atoms. The highest BCUT2D eigenvalue weighted by molar-refractivity contribution is 5.28. The van der Waals surface area contributed by atoms with Gasteiger partial charge in [0, 0.05) is 0 Å². The number of hydrogen-bond acceptors (Lipinski definition) is 4. The number of rotatable bonds is 10. The molecule has 2 atom stereocenters. The van der Waals surface area contributed by atoms with E-state index in [2.05, 4.69) is 0 Å². The Kier molecular flexibility index (Phi) is 8.51. The molecule has 1 aliphatic heterocycles. The number of nitrogens with one attached hydrogen (secondary N) is 2. The summed E-state index contributed by atoms with van der Waals surface area (Å²) in [5, 5.41) is 20.7. The third-order valence-corrected chi connectivity index (χ3v) is 5.58. The molecule has 6 nitrogen and oxygen atoms in total. The zero-order valence-corrected chi connectivity index (χ0v) is 18.1. The number of benzene rings is 2. The number of piperazine rings is 1. The van der Waals surface area contributed by atoms with E-state index in [0.717, 1.165) is 48.8 Å². The predicted octanol–water partition coefficient (Wildman–Crippen LogP) is -0.734. The number of aliphatic hydroxyl groups is 2. The lowest BCUT2D eigenvalue weighted by Crippen LogP contribution is -3.29. The van der Waals surface area contributed by atoms with E-state index in [4.69, 9.17) is 9.47 Å². The van der Waals surface area contributed by atoms with Gasteiger partial charge in [0.1, 0.15) is 76.2 Å². The first-order valence-corrected chi connectivity index (χ1v) is 10.9. The Morgan fingerprint density at radius 1 is 0.733 bits per heavy atom. The highest BCUT2D eigenvalue weighted by Gasteiger charge is 2.26. The quantitative estimate of drug-likeness (QED) is 0.412. The summed E-state index contributed by atoms with van der Waals surface area (Å²) in [7, 11) is 0. The highest BCUT2D eigenvalue weighted by Crippen LogP contribution is 2.13. The fraction of sp³-hybridized carbons (Fsp3) is 0.500. The molecule has 0 radical (unpaired) electrons. The Bertz CT molecular complexity index is 712. The molecular formula is C24H36N2O4+2. The Morgan fingerprint density at radius 2 is 1.13 bits per heavy atom. The fourth-order valence-electron chi connectivity index (χ4n) is 3.94. The van der Waals surface area contributed by atoms with Crippen molar-refractivity contribution in [3.63, 3.8) is 0 Å². The summed E-state index contributed by atoms with van der Waals surface area (Å²) in [6.45, 7) is 10.0. The summed E-state index contributed by atoms with van der Waals surface area (Å²) in [5.74, 6) is 1.61. The first kappa shape index (κ1) is 22.6. The van der Waals surface area contributed by atoms with Gasteiger partial charge in [0.2, 0.25) is 0 Å². The van der Waals surface area contributed by atoms with Crippen LogP contribution in [-0.4, -0.2) is 74.9 Å². The summed E-state index contributed by atoms with van der Waals surface area (Å²) < 4.78 is 11.4. The molecule has 0 unspecified atom stereocenters. The van der Waals surface area contributed by atoms with Crippen LogP contribution in [0.25, 0.3) is 0 Å². The minimum atomic E-state index is -0.476. The average Bonchev–Trinajstić information content (AvgIpc) is 2.72. The third-order valence-electron chi connectivity index (χ3n) is 5.58. The fourth-order valence-corrected chi connectivity index (χ4v) is 3.94. The number of quaternary nitrogens is 2. The molecular weight excluding hydrogens is 380 g/mol. The summed E-state index contributed by atoms with van der Waals surface area (Å²) in [5.41, 5.74) is 2.30. The lowest BCUT2D eigenvalue weighted by Gasteiger charge is -2.31. The third kappa shape index (κ3) is 7.61. The second-order valence-corrected chi connectivity index (χ2v) is 8.47. The van der Waals surface area contributed by atoms with Crippen molar-refractivity contribution >= 4 is 0 Å². The van der Waals surface area contributed by atoms with E-state index in [1.165, 1.54) is 9.80 Å². The van der Waals surface area contributed by atoms with Crippen molar-refractivity contribution in [3.05, 3.63) is 59.7 Å². The van der Waals surface area contributed by atoms with E-state index in [1.54, 1.807) is 0 Å². The SMILES string of the molecule is Cc1cccc(OC[C@@H](O)C[NH+]2CC[NH+](C[C@H](O)COc3cccc(C)c3)CC2)c1. The molecule has 2 aromatic rings. The van der Waals surface area contributed by atoms with Crippen LogP contribution in [-0.2, 0) is 0 Å². The van der Waals surface area contributed by atoms with Crippen LogP contribution in [0.15, 0.2) is 48.5 Å². The predicted molar refractivity (Wildman–Crippen MR) is 116 cm³/mol. The van der Waals surface area contributed by atoms with Crippen molar-refractivity contribution in [1.82, 2.24) is 0 Å². The van der Waals surface area contributed by atoms with Crippen LogP contribution in [0.3, 0.4) is 0 Å². The van der Waals surface area contributed by atoms with Crippen LogP contribution in [0.1, 0.15) is 11.1 Å². The van der Waals surface area contributed by atoms with E-state index in [1.807, 2.05) is 62.4 Å². The van der Waals surface area contributed by atoms with Gasteiger partial charge in [0.25, 0.3) is 0 Å². The Hall–Kier alpha value is -2.12. The molecule has 1 saturated heterocycles. The molecule has 0 aromatic heterocycles. The van der Waals surface area contributed by atoms with Crippen LogP contribution >= 0.6 is 0 Å². The van der Waals surface area contributed by atoms with Gasteiger partial charge in [0.05, 0.1) is 0 Å². The van der Waals surface area contributed by atoms with Crippen LogP contribution in [0.2, 0.25) is 0 Å². The maximum atomic E-state index is 10.3. The molecule has 4 N–H and O–H groups in total. The van der Waals surface area contributed by atoms with E-state index >= 15 is 0 Å². The molecule has 164 valence electrons. The molecule has 6 heteroatoms. The standard InChI is InChI=1S/C24H34N2O4/c1-19-5-3-7-23(13-19)29-17-21(27)15-25-9-11-26(12-10-25)16-22(28)18-30-24-8-4-6-20(2)14-24/h3-8,13-14,21-22,27-28H,9-12,15-18H2,1-2H3/p+2/t21-,22-/m0/s1. The van der Waals surface area contributed by atoms with Crippen molar-refractivity contribution in [1.29, 1.82) is 0 Å². The number of aryl methyl sites for hydroxylation is 2. The van der Waals surface area contributed by atoms with Crippen molar-refractivity contribution in [2.75, 3.05) is 52.5 Å². The van der Waals surface area contributed by atoms with Gasteiger partial charge in [-0.1, -0.05) is 24.3 Å². The van der Waals surface area contributed by atoms with Gasteiger partial charge in [-0.05, 0) is 49.2 Å². The van der Waals surface area contributed by atoms with E-state index in [9.17, 15) is 10.2 Å². The lowest BCUT2D eigenvalue weighted by molar-refractivity contribution is -1.01. The molecule has 1 fully saturated rings. The molecule has 3 rings (SSSR count). The van der Waals surface area contributed by atoms with Gasteiger partial charge < -0.3 is 29.5 Å². The summed E-state index contributed by atoms with van der Waals surface area (Å²) >= 11 is 0. The number of ether oxygens (including phenoxy) is 2. The Balaban J connectivity index is 1.31. The van der Waals surface area contributed by atoms with Crippen LogP contribution < -0.4 is 19.3 Å². The molecule has 0 spiro atoms. The smallest absolute Gasteiger partial charge is 0.137 e. The lowest BCUT2D eigenvalue weighted by atomic mass is 10.2. The highest BCUT2D eigenvalue weighted by atomic mass is 16.5. The maximum absolute atomic E-state index is 10.3. The molecule has 1 heterocycles. The molecule has 0 saturated carbocycles. The maximum Gasteiger partial charge on any atom is 0.137 e. The first-order chi connectivity index (χ1) is 14.5. The minimum absolute atomic E-state index is 0.318. The van der Waals surface area contributed by atoms with Crippen molar-refractivity contribution in [3.8, 4) is 11.5 Å². The van der Waals surface area contributed by atoms with Gasteiger partial charge >= 0.3 is 0 Å². The second kappa shape index (κ2) is 11.3.